The van der Waals surface area contributed by atoms with E-state index in [0.717, 1.165) is 48.5 Å². The number of amidine groups is 1. The lowest BCUT2D eigenvalue weighted by molar-refractivity contribution is 0.138. The van der Waals surface area contributed by atoms with Crippen molar-refractivity contribution in [2.45, 2.75) is 38.3 Å². The number of alkyl halides is 1. The lowest BCUT2D eigenvalue weighted by atomic mass is 9.98. The third kappa shape index (κ3) is 5.42. The van der Waals surface area contributed by atoms with E-state index in [4.69, 9.17) is 11.6 Å². The molecule has 1 saturated heterocycles. The highest BCUT2D eigenvalue weighted by Gasteiger charge is 2.23. The number of aliphatic imine (C=N–C) groups is 1. The molecule has 2 aromatic rings. The molecule has 2 N–H and O–H groups in total. The molecule has 0 bridgehead atoms. The zero-order chi connectivity index (χ0) is 22.5. The Hall–Kier alpha value is -2.58. The molecular weight excluding hydrogens is 436 g/mol. The monoisotopic (exact) mass is 461 g/mol. The zero-order valence-electron chi connectivity index (χ0n) is 17.7. The van der Waals surface area contributed by atoms with Crippen LogP contribution in [0.5, 0.6) is 0 Å². The fourth-order valence-electron chi connectivity index (χ4n) is 4.23. The Balaban J connectivity index is 1.39. The molecule has 32 heavy (non-hydrogen) atoms. The van der Waals surface area contributed by atoms with Crippen LogP contribution in [-0.4, -0.2) is 59.0 Å². The van der Waals surface area contributed by atoms with E-state index < -0.39 is 12.0 Å². The van der Waals surface area contributed by atoms with Crippen molar-refractivity contribution in [3.8, 4) is 0 Å². The molecule has 1 aromatic heterocycles. The van der Waals surface area contributed by atoms with Crippen molar-refractivity contribution in [3.63, 3.8) is 0 Å². The summed E-state index contributed by atoms with van der Waals surface area (Å²) in [5, 5.41) is 16.4. The van der Waals surface area contributed by atoms with E-state index >= 15 is 0 Å². The second-order valence-corrected chi connectivity index (χ2v) is 8.59. The van der Waals surface area contributed by atoms with Crippen LogP contribution in [0.25, 0.3) is 0 Å². The predicted molar refractivity (Wildman–Crippen MR) is 122 cm³/mol. The summed E-state index contributed by atoms with van der Waals surface area (Å²) in [7, 11) is 0. The maximum absolute atomic E-state index is 13.5. The summed E-state index contributed by atoms with van der Waals surface area (Å²) in [6, 6.07) is 6.25. The van der Waals surface area contributed by atoms with E-state index in [1.165, 1.54) is 12.1 Å². The minimum absolute atomic E-state index is 0.0300. The molecule has 1 atom stereocenters. The average molecular weight is 462 g/mol. The summed E-state index contributed by atoms with van der Waals surface area (Å²) >= 11 is 5.88. The van der Waals surface area contributed by atoms with Gasteiger partial charge in [0.2, 0.25) is 0 Å². The number of nitrogens with one attached hydrogen (secondary N) is 1. The largest absolute Gasteiger partial charge is 0.411 e. The van der Waals surface area contributed by atoms with Gasteiger partial charge in [0.05, 0.1) is 10.7 Å². The Kier molecular flexibility index (Phi) is 7.32. The van der Waals surface area contributed by atoms with Crippen LogP contribution in [0.15, 0.2) is 40.6 Å². The molecule has 1 unspecified atom stereocenters. The quantitative estimate of drug-likeness (QED) is 0.276. The van der Waals surface area contributed by atoms with E-state index in [2.05, 4.69) is 25.3 Å². The number of oxime groups is 1. The van der Waals surface area contributed by atoms with Crippen molar-refractivity contribution >= 4 is 29.0 Å². The number of fused-ring (bicyclic) bond motifs is 1. The summed E-state index contributed by atoms with van der Waals surface area (Å²) in [6.45, 7) is 2.97. The SMILES string of the molecule is O/N=C(\Cc1ccc(F)c(Cl)c1)c1ccnc2c1CC(=NCCCN1CCCC(F)C1)N2. The first kappa shape index (κ1) is 22.6. The van der Waals surface area contributed by atoms with Gasteiger partial charge >= 0.3 is 0 Å². The standard InChI is InChI=1S/C23H26ClF2N5O/c24-19-11-15(4-5-20(19)26)12-21(30-32)17-6-8-28-23-18(17)13-22(29-23)27-7-2-10-31-9-1-3-16(25)14-31/h4-6,8,11,16,32H,1-3,7,9-10,12-14H2,(H,27,28,29)/b30-21+. The summed E-state index contributed by atoms with van der Waals surface area (Å²) < 4.78 is 27.0. The Bertz CT molecular complexity index is 1030. The lowest BCUT2D eigenvalue weighted by Gasteiger charge is -2.28. The zero-order valence-corrected chi connectivity index (χ0v) is 18.5. The Morgan fingerprint density at radius 1 is 1.34 bits per heavy atom. The van der Waals surface area contributed by atoms with Crippen molar-refractivity contribution in [1.82, 2.24) is 9.88 Å². The van der Waals surface area contributed by atoms with Crippen molar-refractivity contribution < 1.29 is 14.0 Å². The third-order valence-corrected chi connectivity index (χ3v) is 6.12. The molecule has 3 heterocycles. The molecule has 0 amide bonds. The first-order chi connectivity index (χ1) is 15.5. The second-order valence-electron chi connectivity index (χ2n) is 8.18. The van der Waals surface area contributed by atoms with Gasteiger partial charge in [0.25, 0.3) is 0 Å². The molecule has 0 saturated carbocycles. The van der Waals surface area contributed by atoms with Gasteiger partial charge < -0.3 is 15.4 Å². The van der Waals surface area contributed by atoms with E-state index in [-0.39, 0.29) is 5.02 Å². The number of hydrogen-bond acceptors (Lipinski definition) is 5. The third-order valence-electron chi connectivity index (χ3n) is 5.83. The molecule has 9 heteroatoms. The van der Waals surface area contributed by atoms with E-state index in [1.54, 1.807) is 18.3 Å². The van der Waals surface area contributed by atoms with Gasteiger partial charge in [0, 0.05) is 49.8 Å². The summed E-state index contributed by atoms with van der Waals surface area (Å²) in [5.41, 5.74) is 2.85. The molecule has 2 aliphatic heterocycles. The smallest absolute Gasteiger partial charge is 0.141 e. The summed E-state index contributed by atoms with van der Waals surface area (Å²) in [4.78, 5) is 11.2. The van der Waals surface area contributed by atoms with Gasteiger partial charge in [-0.05, 0) is 49.6 Å². The van der Waals surface area contributed by atoms with Crippen molar-refractivity contribution in [2.24, 2.45) is 10.1 Å². The fourth-order valence-corrected chi connectivity index (χ4v) is 4.43. The van der Waals surface area contributed by atoms with Gasteiger partial charge in [0.1, 0.15) is 23.6 Å². The van der Waals surface area contributed by atoms with Gasteiger partial charge in [-0.25, -0.2) is 13.8 Å². The molecule has 0 aliphatic carbocycles. The van der Waals surface area contributed by atoms with Crippen LogP contribution < -0.4 is 5.32 Å². The minimum Gasteiger partial charge on any atom is -0.411 e. The molecule has 1 fully saturated rings. The number of halogens is 3. The highest BCUT2D eigenvalue weighted by Crippen LogP contribution is 2.26. The highest BCUT2D eigenvalue weighted by atomic mass is 35.5. The molecule has 0 spiro atoms. The van der Waals surface area contributed by atoms with Crippen LogP contribution >= 0.6 is 11.6 Å². The highest BCUT2D eigenvalue weighted by molar-refractivity contribution is 6.30. The number of rotatable bonds is 7. The number of hydrogen-bond donors (Lipinski definition) is 2. The normalized spacial score (nSPS) is 20.4. The maximum Gasteiger partial charge on any atom is 0.141 e. The number of piperidine rings is 1. The maximum atomic E-state index is 13.5. The lowest BCUT2D eigenvalue weighted by Crippen LogP contribution is -2.37. The van der Waals surface area contributed by atoms with Crippen molar-refractivity contribution in [2.75, 3.05) is 31.5 Å². The molecular formula is C23H26ClF2N5O. The van der Waals surface area contributed by atoms with E-state index in [0.29, 0.717) is 43.9 Å². The van der Waals surface area contributed by atoms with Crippen molar-refractivity contribution in [3.05, 3.63) is 58.0 Å². The Labute approximate surface area is 191 Å². The van der Waals surface area contributed by atoms with E-state index in [1.807, 2.05) is 0 Å². The first-order valence-electron chi connectivity index (χ1n) is 10.8. The van der Waals surface area contributed by atoms with Gasteiger partial charge in [-0.1, -0.05) is 22.8 Å². The fraction of sp³-hybridized carbons (Fsp3) is 0.435. The van der Waals surface area contributed by atoms with Crippen LogP contribution in [0.3, 0.4) is 0 Å². The van der Waals surface area contributed by atoms with Crippen LogP contribution in [0, 0.1) is 5.82 Å². The van der Waals surface area contributed by atoms with Crippen LogP contribution in [-0.2, 0) is 12.8 Å². The average Bonchev–Trinajstić information content (AvgIpc) is 3.21. The van der Waals surface area contributed by atoms with Crippen LogP contribution in [0.4, 0.5) is 14.6 Å². The number of nitrogens with zero attached hydrogens (tertiary/aromatic N) is 4. The molecule has 170 valence electrons. The number of pyridine rings is 1. The van der Waals surface area contributed by atoms with Gasteiger partial charge in [-0.2, -0.15) is 0 Å². The van der Waals surface area contributed by atoms with E-state index in [9.17, 15) is 14.0 Å². The number of aromatic nitrogens is 1. The number of benzene rings is 1. The molecule has 2 aliphatic rings. The number of likely N-dealkylation sites (tertiary alicyclic amines) is 1. The summed E-state index contributed by atoms with van der Waals surface area (Å²) in [5.74, 6) is 1.01. The minimum atomic E-state index is -0.709. The molecule has 1 aromatic carbocycles. The second kappa shape index (κ2) is 10.4. The predicted octanol–water partition coefficient (Wildman–Crippen LogP) is 4.49. The van der Waals surface area contributed by atoms with Gasteiger partial charge in [-0.15, -0.1) is 0 Å². The topological polar surface area (TPSA) is 73.1 Å². The van der Waals surface area contributed by atoms with Crippen molar-refractivity contribution in [1.29, 1.82) is 0 Å². The molecule has 4 rings (SSSR count). The summed E-state index contributed by atoms with van der Waals surface area (Å²) in [6.07, 6.45) is 4.24. The molecule has 0 radical (unpaired) electrons. The van der Waals surface area contributed by atoms with Crippen LogP contribution in [0.2, 0.25) is 5.02 Å². The Morgan fingerprint density at radius 3 is 3.00 bits per heavy atom. The number of anilines is 1. The van der Waals surface area contributed by atoms with Crippen LogP contribution in [0.1, 0.15) is 36.0 Å². The van der Waals surface area contributed by atoms with Gasteiger partial charge in [-0.3, -0.25) is 4.99 Å². The molecule has 6 nitrogen and oxygen atoms in total. The van der Waals surface area contributed by atoms with Gasteiger partial charge in [0.15, 0.2) is 0 Å². The Morgan fingerprint density at radius 2 is 2.22 bits per heavy atom. The first-order valence-corrected chi connectivity index (χ1v) is 11.2.